The molecule has 1 spiro atoms. The Labute approximate surface area is 174 Å². The van der Waals surface area contributed by atoms with Crippen LogP contribution in [0.5, 0.6) is 0 Å². The SMILES string of the molecule is O=C(c1cncnc1)N1CCC2(CC1)Cn1nnc(COCC3CCCO3)c1CO2. The predicted octanol–water partition coefficient (Wildman–Crippen LogP) is 0.969. The fourth-order valence-electron chi connectivity index (χ4n) is 4.38. The Kier molecular flexibility index (Phi) is 5.45. The lowest BCUT2D eigenvalue weighted by atomic mass is 9.89. The van der Waals surface area contributed by atoms with Crippen molar-refractivity contribution in [2.75, 3.05) is 26.3 Å². The maximum Gasteiger partial charge on any atom is 0.256 e. The van der Waals surface area contributed by atoms with Crippen molar-refractivity contribution in [3.8, 4) is 0 Å². The van der Waals surface area contributed by atoms with E-state index >= 15 is 0 Å². The first-order valence-electron chi connectivity index (χ1n) is 10.5. The van der Waals surface area contributed by atoms with Gasteiger partial charge in [0.25, 0.3) is 5.91 Å². The fraction of sp³-hybridized carbons (Fsp3) is 0.650. The van der Waals surface area contributed by atoms with Crippen LogP contribution < -0.4 is 0 Å². The van der Waals surface area contributed by atoms with Crippen LogP contribution in [0.3, 0.4) is 0 Å². The molecule has 0 saturated carbocycles. The third-order valence-electron chi connectivity index (χ3n) is 6.21. The second-order valence-electron chi connectivity index (χ2n) is 8.18. The first kappa shape index (κ1) is 19.5. The highest BCUT2D eigenvalue weighted by Gasteiger charge is 2.41. The van der Waals surface area contributed by atoms with Gasteiger partial charge in [0, 0.05) is 32.1 Å². The van der Waals surface area contributed by atoms with Gasteiger partial charge in [-0.15, -0.1) is 5.10 Å². The summed E-state index contributed by atoms with van der Waals surface area (Å²) in [6, 6.07) is 0. The minimum atomic E-state index is -0.305. The summed E-state index contributed by atoms with van der Waals surface area (Å²) in [6.07, 6.45) is 8.42. The maximum atomic E-state index is 12.6. The van der Waals surface area contributed by atoms with E-state index in [2.05, 4.69) is 20.3 Å². The summed E-state index contributed by atoms with van der Waals surface area (Å²) in [5.41, 5.74) is 2.03. The molecule has 0 radical (unpaired) electrons. The molecule has 0 N–H and O–H groups in total. The van der Waals surface area contributed by atoms with Crippen LogP contribution in [0.2, 0.25) is 0 Å². The van der Waals surface area contributed by atoms with E-state index in [0.717, 1.165) is 43.7 Å². The Balaban J connectivity index is 1.16. The van der Waals surface area contributed by atoms with Crippen molar-refractivity contribution < 1.29 is 19.0 Å². The van der Waals surface area contributed by atoms with Gasteiger partial charge >= 0.3 is 0 Å². The topological polar surface area (TPSA) is 104 Å². The number of carbonyl (C=O) groups excluding carboxylic acids is 1. The van der Waals surface area contributed by atoms with Crippen LogP contribution in [0.4, 0.5) is 0 Å². The second kappa shape index (κ2) is 8.37. The molecule has 2 saturated heterocycles. The number of hydrogen-bond donors (Lipinski definition) is 0. The number of hydrogen-bond acceptors (Lipinski definition) is 8. The van der Waals surface area contributed by atoms with E-state index in [1.807, 2.05) is 9.58 Å². The molecule has 2 aromatic heterocycles. The highest BCUT2D eigenvalue weighted by Crippen LogP contribution is 2.34. The number of amides is 1. The van der Waals surface area contributed by atoms with Crippen molar-refractivity contribution in [2.45, 2.75) is 57.1 Å². The van der Waals surface area contributed by atoms with E-state index in [1.165, 1.54) is 6.33 Å². The lowest BCUT2D eigenvalue weighted by Crippen LogP contribution is -2.52. The Morgan fingerprint density at radius 1 is 1.27 bits per heavy atom. The molecule has 1 unspecified atom stereocenters. The highest BCUT2D eigenvalue weighted by molar-refractivity contribution is 5.93. The van der Waals surface area contributed by atoms with E-state index in [9.17, 15) is 4.79 Å². The molecule has 0 aliphatic carbocycles. The number of piperidine rings is 1. The van der Waals surface area contributed by atoms with Crippen molar-refractivity contribution in [1.29, 1.82) is 0 Å². The lowest BCUT2D eigenvalue weighted by Gasteiger charge is -2.43. The average Bonchev–Trinajstić information content (AvgIpc) is 3.44. The largest absolute Gasteiger partial charge is 0.376 e. The van der Waals surface area contributed by atoms with Crippen molar-refractivity contribution in [3.05, 3.63) is 35.7 Å². The molecule has 5 heterocycles. The number of ether oxygens (including phenoxy) is 3. The number of aromatic nitrogens is 5. The van der Waals surface area contributed by atoms with E-state index in [-0.39, 0.29) is 17.6 Å². The minimum absolute atomic E-state index is 0.0339. The third kappa shape index (κ3) is 3.94. The molecule has 5 rings (SSSR count). The van der Waals surface area contributed by atoms with Crippen LogP contribution in [0.1, 0.15) is 47.4 Å². The second-order valence-corrected chi connectivity index (χ2v) is 8.18. The molecule has 10 heteroatoms. The number of likely N-dealkylation sites (tertiary alicyclic amines) is 1. The van der Waals surface area contributed by atoms with Crippen LogP contribution in [0, 0.1) is 0 Å². The summed E-state index contributed by atoms with van der Waals surface area (Å²) >= 11 is 0. The molecular formula is C20H26N6O4. The average molecular weight is 414 g/mol. The van der Waals surface area contributed by atoms with Crippen LogP contribution in [-0.4, -0.2) is 73.8 Å². The molecule has 1 amide bonds. The molecule has 2 aromatic rings. The van der Waals surface area contributed by atoms with E-state index < -0.39 is 0 Å². The Bertz CT molecular complexity index is 875. The van der Waals surface area contributed by atoms with Crippen LogP contribution in [0.15, 0.2) is 18.7 Å². The molecule has 2 fully saturated rings. The molecule has 3 aliphatic rings. The van der Waals surface area contributed by atoms with Crippen LogP contribution in [0.25, 0.3) is 0 Å². The van der Waals surface area contributed by atoms with Crippen molar-refractivity contribution in [1.82, 2.24) is 29.9 Å². The number of rotatable bonds is 5. The summed E-state index contributed by atoms with van der Waals surface area (Å²) in [5, 5.41) is 8.65. The summed E-state index contributed by atoms with van der Waals surface area (Å²) in [4.78, 5) is 22.3. The first-order chi connectivity index (χ1) is 14.7. The molecule has 10 nitrogen and oxygen atoms in total. The van der Waals surface area contributed by atoms with Crippen molar-refractivity contribution in [3.63, 3.8) is 0 Å². The zero-order valence-corrected chi connectivity index (χ0v) is 16.9. The van der Waals surface area contributed by atoms with Gasteiger partial charge in [-0.25, -0.2) is 14.6 Å². The van der Waals surface area contributed by atoms with Gasteiger partial charge in [0.2, 0.25) is 0 Å². The van der Waals surface area contributed by atoms with Gasteiger partial charge in [-0.2, -0.15) is 0 Å². The van der Waals surface area contributed by atoms with E-state index in [1.54, 1.807) is 12.4 Å². The van der Waals surface area contributed by atoms with Crippen LogP contribution in [-0.2, 0) is 34.0 Å². The number of fused-ring (bicyclic) bond motifs is 1. The molecule has 1 atom stereocenters. The van der Waals surface area contributed by atoms with Gasteiger partial charge < -0.3 is 19.1 Å². The molecule has 0 bridgehead atoms. The summed E-state index contributed by atoms with van der Waals surface area (Å²) in [6.45, 7) is 4.22. The Morgan fingerprint density at radius 2 is 2.10 bits per heavy atom. The standard InChI is InChI=1S/C20H26N6O4/c27-19(15-8-21-14-22-9-15)25-5-3-20(4-6-25)13-26-18(12-30-20)17(23-24-26)11-28-10-16-2-1-7-29-16/h8-9,14,16H,1-7,10-13H2. The predicted molar refractivity (Wildman–Crippen MR) is 103 cm³/mol. The van der Waals surface area contributed by atoms with Gasteiger partial charge in [0.1, 0.15) is 12.0 Å². The van der Waals surface area contributed by atoms with E-state index in [0.29, 0.717) is 45.0 Å². The molecule has 3 aliphatic heterocycles. The van der Waals surface area contributed by atoms with Gasteiger partial charge in [-0.3, -0.25) is 4.79 Å². The molecular weight excluding hydrogens is 388 g/mol. The van der Waals surface area contributed by atoms with Gasteiger partial charge in [0.05, 0.1) is 49.3 Å². The molecule has 0 aromatic carbocycles. The van der Waals surface area contributed by atoms with E-state index in [4.69, 9.17) is 14.2 Å². The van der Waals surface area contributed by atoms with Crippen molar-refractivity contribution >= 4 is 5.91 Å². The van der Waals surface area contributed by atoms with Gasteiger partial charge in [-0.05, 0) is 25.7 Å². The minimum Gasteiger partial charge on any atom is -0.376 e. The Hall–Kier alpha value is -2.43. The van der Waals surface area contributed by atoms with Gasteiger partial charge in [0.15, 0.2) is 0 Å². The molecule has 30 heavy (non-hydrogen) atoms. The first-order valence-corrected chi connectivity index (χ1v) is 10.5. The smallest absolute Gasteiger partial charge is 0.256 e. The molecule has 160 valence electrons. The quantitative estimate of drug-likeness (QED) is 0.713. The maximum absolute atomic E-state index is 12.6. The summed E-state index contributed by atoms with van der Waals surface area (Å²) in [5.74, 6) is -0.0339. The number of carbonyl (C=O) groups is 1. The third-order valence-corrected chi connectivity index (χ3v) is 6.21. The lowest BCUT2D eigenvalue weighted by molar-refractivity contribution is -0.120. The zero-order chi connectivity index (χ0) is 20.4. The summed E-state index contributed by atoms with van der Waals surface area (Å²) in [7, 11) is 0. The monoisotopic (exact) mass is 414 g/mol. The van der Waals surface area contributed by atoms with Crippen molar-refractivity contribution in [2.24, 2.45) is 0 Å². The summed E-state index contributed by atoms with van der Waals surface area (Å²) < 4.78 is 19.6. The number of nitrogens with zero attached hydrogens (tertiary/aromatic N) is 6. The fourth-order valence-corrected chi connectivity index (χ4v) is 4.38. The zero-order valence-electron chi connectivity index (χ0n) is 16.9. The normalized spacial score (nSPS) is 22.9. The van der Waals surface area contributed by atoms with Crippen LogP contribution >= 0.6 is 0 Å². The van der Waals surface area contributed by atoms with Gasteiger partial charge in [-0.1, -0.05) is 5.21 Å². The highest BCUT2D eigenvalue weighted by atomic mass is 16.5. The Morgan fingerprint density at radius 3 is 2.87 bits per heavy atom.